The summed E-state index contributed by atoms with van der Waals surface area (Å²) >= 11 is 0. The Labute approximate surface area is 112 Å². The average molecular weight is 246 g/mol. The van der Waals surface area contributed by atoms with Gasteiger partial charge in [0.05, 0.1) is 5.69 Å². The third-order valence-electron chi connectivity index (χ3n) is 3.89. The standard InChI is InChI=1S/C17H14N2/c1-2-6-14-12(4-1)7-8-15-16(14)11-19-17(15)13-5-3-9-18-10-13/h1-6,9-11,19H,7-8H2. The molecule has 0 saturated heterocycles. The second-order valence-electron chi connectivity index (χ2n) is 4.95. The Bertz CT molecular complexity index is 713. The fraction of sp³-hybridized carbons (Fsp3) is 0.118. The molecule has 4 rings (SSSR count). The Balaban J connectivity index is 1.91. The molecule has 3 aromatic rings. The predicted molar refractivity (Wildman–Crippen MR) is 76.9 cm³/mol. The molecule has 0 fully saturated rings. The maximum atomic E-state index is 4.21. The lowest BCUT2D eigenvalue weighted by molar-refractivity contribution is 0.947. The smallest absolute Gasteiger partial charge is 0.0508 e. The minimum Gasteiger partial charge on any atom is -0.360 e. The van der Waals surface area contributed by atoms with E-state index in [1.165, 1.54) is 33.5 Å². The van der Waals surface area contributed by atoms with Gasteiger partial charge >= 0.3 is 0 Å². The number of hydrogen-bond donors (Lipinski definition) is 1. The molecule has 1 N–H and O–H groups in total. The van der Waals surface area contributed by atoms with Crippen LogP contribution in [0.25, 0.3) is 22.4 Å². The number of benzene rings is 1. The molecule has 0 saturated carbocycles. The minimum atomic E-state index is 1.10. The van der Waals surface area contributed by atoms with Crippen LogP contribution in [0.1, 0.15) is 11.1 Å². The fourth-order valence-corrected chi connectivity index (χ4v) is 2.98. The van der Waals surface area contributed by atoms with Crippen molar-refractivity contribution in [2.24, 2.45) is 0 Å². The zero-order chi connectivity index (χ0) is 12.7. The molecule has 2 heteroatoms. The van der Waals surface area contributed by atoms with Gasteiger partial charge in [0.15, 0.2) is 0 Å². The topological polar surface area (TPSA) is 28.7 Å². The number of aromatic amines is 1. The van der Waals surface area contributed by atoms with Crippen molar-refractivity contribution in [3.05, 3.63) is 66.1 Å². The molecule has 0 bridgehead atoms. The molecule has 0 atom stereocenters. The second-order valence-corrected chi connectivity index (χ2v) is 4.95. The van der Waals surface area contributed by atoms with Crippen LogP contribution in [0.4, 0.5) is 0 Å². The van der Waals surface area contributed by atoms with E-state index in [0.717, 1.165) is 12.8 Å². The van der Waals surface area contributed by atoms with Gasteiger partial charge in [0.25, 0.3) is 0 Å². The van der Waals surface area contributed by atoms with E-state index in [4.69, 9.17) is 0 Å². The molecule has 19 heavy (non-hydrogen) atoms. The molecule has 92 valence electrons. The van der Waals surface area contributed by atoms with Gasteiger partial charge in [-0.05, 0) is 41.7 Å². The molecule has 0 spiro atoms. The Hall–Kier alpha value is -2.35. The normalized spacial score (nSPS) is 12.8. The zero-order valence-corrected chi connectivity index (χ0v) is 10.6. The van der Waals surface area contributed by atoms with E-state index in [1.54, 1.807) is 0 Å². The van der Waals surface area contributed by atoms with Crippen molar-refractivity contribution < 1.29 is 0 Å². The van der Waals surface area contributed by atoms with Crippen LogP contribution in [-0.2, 0) is 12.8 Å². The molecule has 0 unspecified atom stereocenters. The largest absolute Gasteiger partial charge is 0.360 e. The number of aromatic nitrogens is 2. The van der Waals surface area contributed by atoms with E-state index in [9.17, 15) is 0 Å². The highest BCUT2D eigenvalue weighted by molar-refractivity contribution is 5.80. The van der Waals surface area contributed by atoms with Gasteiger partial charge in [-0.2, -0.15) is 0 Å². The first kappa shape index (κ1) is 10.6. The molecule has 2 heterocycles. The summed E-state index contributed by atoms with van der Waals surface area (Å²) in [7, 11) is 0. The highest BCUT2D eigenvalue weighted by Gasteiger charge is 2.20. The third kappa shape index (κ3) is 1.60. The van der Waals surface area contributed by atoms with Gasteiger partial charge in [-0.25, -0.2) is 0 Å². The Kier molecular flexibility index (Phi) is 2.27. The molecule has 2 nitrogen and oxygen atoms in total. The monoisotopic (exact) mass is 246 g/mol. The predicted octanol–water partition coefficient (Wildman–Crippen LogP) is 3.84. The summed E-state index contributed by atoms with van der Waals surface area (Å²) in [5.41, 5.74) is 7.98. The van der Waals surface area contributed by atoms with Gasteiger partial charge in [-0.3, -0.25) is 4.98 Å². The van der Waals surface area contributed by atoms with Crippen LogP contribution in [0.5, 0.6) is 0 Å². The van der Waals surface area contributed by atoms with Crippen molar-refractivity contribution in [1.82, 2.24) is 9.97 Å². The summed E-state index contributed by atoms with van der Waals surface area (Å²) < 4.78 is 0. The Morgan fingerprint density at radius 1 is 0.947 bits per heavy atom. The van der Waals surface area contributed by atoms with Crippen LogP contribution in [0.2, 0.25) is 0 Å². The first-order valence-electron chi connectivity index (χ1n) is 6.62. The quantitative estimate of drug-likeness (QED) is 0.694. The van der Waals surface area contributed by atoms with E-state index in [1.807, 2.05) is 18.5 Å². The molecule has 0 radical (unpaired) electrons. The first-order chi connectivity index (χ1) is 9.43. The molecule has 0 amide bonds. The fourth-order valence-electron chi connectivity index (χ4n) is 2.98. The summed E-state index contributed by atoms with van der Waals surface area (Å²) in [5.74, 6) is 0. The van der Waals surface area contributed by atoms with E-state index in [-0.39, 0.29) is 0 Å². The van der Waals surface area contributed by atoms with Gasteiger partial charge in [0.1, 0.15) is 0 Å². The molecular formula is C17H14N2. The number of nitrogens with zero attached hydrogens (tertiary/aromatic N) is 1. The van der Waals surface area contributed by atoms with Crippen molar-refractivity contribution in [2.75, 3.05) is 0 Å². The van der Waals surface area contributed by atoms with Crippen molar-refractivity contribution in [3.63, 3.8) is 0 Å². The maximum Gasteiger partial charge on any atom is 0.0508 e. The average Bonchev–Trinajstić information content (AvgIpc) is 2.92. The highest BCUT2D eigenvalue weighted by atomic mass is 14.7. The molecule has 2 aromatic heterocycles. The summed E-state index contributed by atoms with van der Waals surface area (Å²) in [6, 6.07) is 12.8. The van der Waals surface area contributed by atoms with Crippen molar-refractivity contribution in [3.8, 4) is 22.4 Å². The summed E-state index contributed by atoms with van der Waals surface area (Å²) in [6.45, 7) is 0. The number of aryl methyl sites for hydroxylation is 1. The van der Waals surface area contributed by atoms with Gasteiger partial charge < -0.3 is 4.98 Å². The van der Waals surface area contributed by atoms with E-state index < -0.39 is 0 Å². The Morgan fingerprint density at radius 2 is 1.89 bits per heavy atom. The van der Waals surface area contributed by atoms with Crippen LogP contribution < -0.4 is 0 Å². The molecular weight excluding hydrogens is 232 g/mol. The van der Waals surface area contributed by atoms with Crippen LogP contribution in [0.15, 0.2) is 55.0 Å². The summed E-state index contributed by atoms with van der Waals surface area (Å²) in [4.78, 5) is 7.65. The molecule has 1 aliphatic carbocycles. The van der Waals surface area contributed by atoms with Crippen LogP contribution in [-0.4, -0.2) is 9.97 Å². The number of nitrogens with one attached hydrogen (secondary N) is 1. The van der Waals surface area contributed by atoms with E-state index >= 15 is 0 Å². The number of hydrogen-bond acceptors (Lipinski definition) is 1. The van der Waals surface area contributed by atoms with Gasteiger partial charge in [-0.15, -0.1) is 0 Å². The van der Waals surface area contributed by atoms with Crippen molar-refractivity contribution in [2.45, 2.75) is 12.8 Å². The molecule has 0 aliphatic heterocycles. The SMILES string of the molecule is c1cncc(-c2[nH]cc3c2CCc2ccccc2-3)c1. The van der Waals surface area contributed by atoms with E-state index in [0.29, 0.717) is 0 Å². The number of rotatable bonds is 1. The van der Waals surface area contributed by atoms with Crippen molar-refractivity contribution >= 4 is 0 Å². The van der Waals surface area contributed by atoms with Gasteiger partial charge in [0, 0.05) is 29.7 Å². The van der Waals surface area contributed by atoms with Crippen LogP contribution in [0.3, 0.4) is 0 Å². The van der Waals surface area contributed by atoms with Crippen LogP contribution in [0, 0.1) is 0 Å². The number of H-pyrrole nitrogens is 1. The molecule has 1 aliphatic rings. The third-order valence-corrected chi connectivity index (χ3v) is 3.89. The lowest BCUT2D eigenvalue weighted by Crippen LogP contribution is -2.02. The number of pyridine rings is 1. The summed E-state index contributed by atoms with van der Waals surface area (Å²) in [6.07, 6.45) is 8.09. The highest BCUT2D eigenvalue weighted by Crippen LogP contribution is 2.38. The minimum absolute atomic E-state index is 1.10. The first-order valence-corrected chi connectivity index (χ1v) is 6.62. The summed E-state index contributed by atoms with van der Waals surface area (Å²) in [5, 5.41) is 0. The lowest BCUT2D eigenvalue weighted by Gasteiger charge is -2.17. The second kappa shape index (κ2) is 4.09. The lowest BCUT2D eigenvalue weighted by atomic mass is 9.86. The van der Waals surface area contributed by atoms with Crippen molar-refractivity contribution in [1.29, 1.82) is 0 Å². The van der Waals surface area contributed by atoms with Gasteiger partial charge in [0.2, 0.25) is 0 Å². The Morgan fingerprint density at radius 3 is 2.79 bits per heavy atom. The van der Waals surface area contributed by atoms with E-state index in [2.05, 4.69) is 46.5 Å². The van der Waals surface area contributed by atoms with Gasteiger partial charge in [-0.1, -0.05) is 24.3 Å². The maximum absolute atomic E-state index is 4.21. The molecule has 1 aromatic carbocycles. The number of fused-ring (bicyclic) bond motifs is 3. The zero-order valence-electron chi connectivity index (χ0n) is 10.6. The van der Waals surface area contributed by atoms with Crippen LogP contribution >= 0.6 is 0 Å².